The van der Waals surface area contributed by atoms with Crippen molar-refractivity contribution in [3.05, 3.63) is 36.2 Å². The summed E-state index contributed by atoms with van der Waals surface area (Å²) in [5, 5.41) is 0. The number of likely N-dealkylation sites (N-methyl/N-ethyl adjacent to an activating group) is 1. The number of nitrogens with zero attached hydrogens (tertiary/aromatic N) is 6. The molecule has 1 aliphatic rings. The van der Waals surface area contributed by atoms with Gasteiger partial charge in [0.2, 0.25) is 5.95 Å². The Labute approximate surface area is 158 Å². The lowest BCUT2D eigenvalue weighted by molar-refractivity contribution is 0.311. The van der Waals surface area contributed by atoms with Gasteiger partial charge in [0.1, 0.15) is 11.3 Å². The van der Waals surface area contributed by atoms with Crippen LogP contribution in [0.15, 0.2) is 24.5 Å². The minimum absolute atomic E-state index is 0.209. The number of rotatable bonds is 3. The number of imidazole rings is 1. The molecule has 0 saturated carbocycles. The number of anilines is 1. The topological polar surface area (TPSA) is 50.1 Å². The average molecular weight is 368 g/mol. The van der Waals surface area contributed by atoms with Gasteiger partial charge in [0, 0.05) is 50.2 Å². The Kier molecular flexibility index (Phi) is 4.55. The molecule has 142 valence electrons. The molecule has 0 aliphatic carbocycles. The number of fused-ring (bicyclic) bond motifs is 1. The Morgan fingerprint density at radius 2 is 1.67 bits per heavy atom. The molecule has 0 bridgehead atoms. The zero-order chi connectivity index (χ0) is 19.1. The fraction of sp³-hybridized carbons (Fsp3) is 0.450. The van der Waals surface area contributed by atoms with E-state index >= 15 is 0 Å². The van der Waals surface area contributed by atoms with Crippen molar-refractivity contribution in [3.8, 4) is 11.1 Å². The molecule has 0 unspecified atom stereocenters. The summed E-state index contributed by atoms with van der Waals surface area (Å²) in [5.74, 6) is 1.24. The lowest BCUT2D eigenvalue weighted by Crippen LogP contribution is -2.45. The monoisotopic (exact) mass is 368 g/mol. The number of benzene rings is 1. The molecule has 1 fully saturated rings. The highest BCUT2D eigenvalue weighted by Crippen LogP contribution is 2.29. The zero-order valence-electron chi connectivity index (χ0n) is 16.3. The van der Waals surface area contributed by atoms with Gasteiger partial charge in [-0.15, -0.1) is 0 Å². The maximum Gasteiger partial charge on any atom is 0.225 e. The highest BCUT2D eigenvalue weighted by molar-refractivity contribution is 5.83. The Morgan fingerprint density at radius 3 is 2.30 bits per heavy atom. The van der Waals surface area contributed by atoms with Gasteiger partial charge in [-0.2, -0.15) is 0 Å². The van der Waals surface area contributed by atoms with Crippen molar-refractivity contribution in [3.63, 3.8) is 0 Å². The largest absolute Gasteiger partial charge is 0.338 e. The standard InChI is InChI=1S/C20H25FN6/c1-13(2)27-14(3)24-19-17(21)9-15(10-18(19)27)16-11-22-20(23-12-16)26-7-5-25(4)6-8-26/h9-13H,5-8H2,1-4H3. The van der Waals surface area contributed by atoms with Crippen molar-refractivity contribution in [2.75, 3.05) is 38.1 Å². The van der Waals surface area contributed by atoms with Crippen LogP contribution in [-0.2, 0) is 0 Å². The molecule has 6 nitrogen and oxygen atoms in total. The zero-order valence-corrected chi connectivity index (χ0v) is 16.3. The first kappa shape index (κ1) is 17.9. The first-order valence-electron chi connectivity index (χ1n) is 9.38. The Balaban J connectivity index is 1.69. The van der Waals surface area contributed by atoms with Gasteiger partial charge < -0.3 is 14.4 Å². The smallest absolute Gasteiger partial charge is 0.225 e. The highest BCUT2D eigenvalue weighted by Gasteiger charge is 2.18. The third kappa shape index (κ3) is 3.27. The summed E-state index contributed by atoms with van der Waals surface area (Å²) in [6, 6.07) is 3.71. The molecular formula is C20H25FN6. The summed E-state index contributed by atoms with van der Waals surface area (Å²) in [7, 11) is 2.12. The fourth-order valence-electron chi connectivity index (χ4n) is 3.73. The van der Waals surface area contributed by atoms with Crippen molar-refractivity contribution in [1.82, 2.24) is 24.4 Å². The van der Waals surface area contributed by atoms with Crippen LogP contribution in [0, 0.1) is 12.7 Å². The third-order valence-electron chi connectivity index (χ3n) is 5.20. The van der Waals surface area contributed by atoms with Crippen LogP contribution < -0.4 is 4.90 Å². The number of aryl methyl sites for hydroxylation is 1. The van der Waals surface area contributed by atoms with Crippen LogP contribution in [0.2, 0.25) is 0 Å². The first-order chi connectivity index (χ1) is 12.9. The van der Waals surface area contributed by atoms with E-state index in [0.717, 1.165) is 54.6 Å². The molecule has 1 aromatic carbocycles. The van der Waals surface area contributed by atoms with E-state index in [4.69, 9.17) is 0 Å². The van der Waals surface area contributed by atoms with E-state index in [0.29, 0.717) is 5.52 Å². The molecule has 3 aromatic rings. The molecule has 4 rings (SSSR count). The van der Waals surface area contributed by atoms with Gasteiger partial charge in [-0.3, -0.25) is 0 Å². The highest BCUT2D eigenvalue weighted by atomic mass is 19.1. The van der Waals surface area contributed by atoms with Crippen LogP contribution in [0.4, 0.5) is 10.3 Å². The number of halogens is 1. The van der Waals surface area contributed by atoms with Crippen LogP contribution in [0.1, 0.15) is 25.7 Å². The van der Waals surface area contributed by atoms with Gasteiger partial charge >= 0.3 is 0 Å². The minimum atomic E-state index is -0.312. The van der Waals surface area contributed by atoms with Gasteiger partial charge in [0.15, 0.2) is 5.82 Å². The van der Waals surface area contributed by atoms with Gasteiger partial charge in [-0.1, -0.05) is 0 Å². The second-order valence-electron chi connectivity index (χ2n) is 7.51. The number of aromatic nitrogens is 4. The van der Waals surface area contributed by atoms with Crippen LogP contribution >= 0.6 is 0 Å². The summed E-state index contributed by atoms with van der Waals surface area (Å²) in [5.41, 5.74) is 2.80. The normalized spacial score (nSPS) is 15.9. The minimum Gasteiger partial charge on any atom is -0.338 e. The average Bonchev–Trinajstić information content (AvgIpc) is 2.99. The summed E-state index contributed by atoms with van der Waals surface area (Å²) in [6.07, 6.45) is 3.56. The molecular weight excluding hydrogens is 343 g/mol. The molecule has 1 aliphatic heterocycles. The van der Waals surface area contributed by atoms with Crippen molar-refractivity contribution in [1.29, 1.82) is 0 Å². The molecule has 0 amide bonds. The van der Waals surface area contributed by atoms with E-state index in [9.17, 15) is 4.39 Å². The summed E-state index contributed by atoms with van der Waals surface area (Å²) in [4.78, 5) is 17.9. The van der Waals surface area contributed by atoms with Crippen molar-refractivity contribution >= 4 is 17.0 Å². The quantitative estimate of drug-likeness (QED) is 0.710. The maximum absolute atomic E-state index is 14.7. The van der Waals surface area contributed by atoms with E-state index in [1.165, 1.54) is 6.07 Å². The van der Waals surface area contributed by atoms with Gasteiger partial charge in [0.25, 0.3) is 0 Å². The third-order valence-corrected chi connectivity index (χ3v) is 5.20. The molecule has 3 heterocycles. The van der Waals surface area contributed by atoms with E-state index < -0.39 is 0 Å². The second-order valence-corrected chi connectivity index (χ2v) is 7.51. The van der Waals surface area contributed by atoms with Gasteiger partial charge in [-0.05, 0) is 45.5 Å². The summed E-state index contributed by atoms with van der Waals surface area (Å²) < 4.78 is 16.7. The van der Waals surface area contributed by atoms with Crippen molar-refractivity contribution in [2.45, 2.75) is 26.8 Å². The molecule has 0 N–H and O–H groups in total. The van der Waals surface area contributed by atoms with E-state index in [-0.39, 0.29) is 11.9 Å². The summed E-state index contributed by atoms with van der Waals surface area (Å²) >= 11 is 0. The maximum atomic E-state index is 14.7. The molecule has 7 heteroatoms. The van der Waals surface area contributed by atoms with Gasteiger partial charge in [0.05, 0.1) is 5.52 Å². The predicted octanol–water partition coefficient (Wildman–Crippen LogP) is 3.27. The lowest BCUT2D eigenvalue weighted by Gasteiger charge is -2.32. The second kappa shape index (κ2) is 6.88. The first-order valence-corrected chi connectivity index (χ1v) is 9.38. The molecule has 27 heavy (non-hydrogen) atoms. The van der Waals surface area contributed by atoms with E-state index in [1.807, 2.05) is 13.0 Å². The summed E-state index contributed by atoms with van der Waals surface area (Å²) in [6.45, 7) is 9.91. The van der Waals surface area contributed by atoms with Crippen molar-refractivity contribution in [2.24, 2.45) is 0 Å². The van der Waals surface area contributed by atoms with Crippen LogP contribution in [0.5, 0.6) is 0 Å². The lowest BCUT2D eigenvalue weighted by atomic mass is 10.1. The van der Waals surface area contributed by atoms with Crippen LogP contribution in [0.3, 0.4) is 0 Å². The van der Waals surface area contributed by atoms with Crippen LogP contribution in [-0.4, -0.2) is 57.6 Å². The van der Waals surface area contributed by atoms with Gasteiger partial charge in [-0.25, -0.2) is 19.3 Å². The predicted molar refractivity (Wildman–Crippen MR) is 106 cm³/mol. The Bertz CT molecular complexity index is 955. The van der Waals surface area contributed by atoms with Crippen molar-refractivity contribution < 1.29 is 4.39 Å². The SMILES string of the molecule is Cc1nc2c(F)cc(-c3cnc(N4CCN(C)CC4)nc3)cc2n1C(C)C. The molecule has 0 radical (unpaired) electrons. The fourth-order valence-corrected chi connectivity index (χ4v) is 3.73. The number of hydrogen-bond acceptors (Lipinski definition) is 5. The Hall–Kier alpha value is -2.54. The molecule has 2 aromatic heterocycles. The number of piperazine rings is 1. The molecule has 1 saturated heterocycles. The Morgan fingerprint density at radius 1 is 1.00 bits per heavy atom. The molecule has 0 spiro atoms. The van der Waals surface area contributed by atoms with E-state index in [2.05, 4.69) is 50.2 Å². The van der Waals surface area contributed by atoms with E-state index in [1.54, 1.807) is 12.4 Å². The molecule has 0 atom stereocenters. The van der Waals surface area contributed by atoms with Crippen LogP contribution in [0.25, 0.3) is 22.2 Å². The number of hydrogen-bond donors (Lipinski definition) is 0.